The Kier molecular flexibility index (Phi) is 3.94. The molecule has 2 aliphatic rings. The third-order valence-corrected chi connectivity index (χ3v) is 4.59. The fraction of sp³-hybridized carbons (Fsp3) is 0.923. The van der Waals surface area contributed by atoms with Crippen molar-refractivity contribution in [2.75, 3.05) is 34.2 Å². The lowest BCUT2D eigenvalue weighted by Gasteiger charge is -2.43. The SMILES string of the molecule is CN(C)CCNC1(C(=O)O)CC2CCC(C1)N2C. The molecule has 2 bridgehead atoms. The topological polar surface area (TPSA) is 55.8 Å². The maximum absolute atomic E-state index is 11.7. The maximum atomic E-state index is 11.7. The van der Waals surface area contributed by atoms with Crippen molar-refractivity contribution in [1.29, 1.82) is 0 Å². The van der Waals surface area contributed by atoms with Gasteiger partial charge in [-0.3, -0.25) is 4.79 Å². The molecule has 0 radical (unpaired) electrons. The van der Waals surface area contributed by atoms with E-state index in [-0.39, 0.29) is 0 Å². The van der Waals surface area contributed by atoms with Crippen molar-refractivity contribution in [1.82, 2.24) is 15.1 Å². The molecule has 5 heteroatoms. The molecule has 2 aliphatic heterocycles. The Hall–Kier alpha value is -0.650. The number of nitrogens with one attached hydrogen (secondary N) is 1. The van der Waals surface area contributed by atoms with Crippen LogP contribution in [0, 0.1) is 0 Å². The fourth-order valence-electron chi connectivity index (χ4n) is 3.38. The Morgan fingerprint density at radius 2 is 1.94 bits per heavy atom. The number of likely N-dealkylation sites (N-methyl/N-ethyl adjacent to an activating group) is 1. The van der Waals surface area contributed by atoms with Crippen molar-refractivity contribution in [2.24, 2.45) is 0 Å². The van der Waals surface area contributed by atoms with Gasteiger partial charge in [0.2, 0.25) is 0 Å². The average Bonchev–Trinajstić information content (AvgIpc) is 2.51. The van der Waals surface area contributed by atoms with Crippen LogP contribution >= 0.6 is 0 Å². The predicted octanol–water partition coefficient (Wildman–Crippen LogP) is 0.218. The monoisotopic (exact) mass is 255 g/mol. The minimum absolute atomic E-state index is 0.437. The van der Waals surface area contributed by atoms with Gasteiger partial charge in [0, 0.05) is 25.2 Å². The van der Waals surface area contributed by atoms with Gasteiger partial charge >= 0.3 is 5.97 Å². The lowest BCUT2D eigenvalue weighted by Crippen LogP contribution is -2.61. The number of carboxylic acid groups (broad SMARTS) is 1. The van der Waals surface area contributed by atoms with Crippen LogP contribution in [0.15, 0.2) is 0 Å². The van der Waals surface area contributed by atoms with Crippen LogP contribution in [0.1, 0.15) is 25.7 Å². The van der Waals surface area contributed by atoms with Gasteiger partial charge < -0.3 is 20.2 Å². The summed E-state index contributed by atoms with van der Waals surface area (Å²) >= 11 is 0. The van der Waals surface area contributed by atoms with Gasteiger partial charge in [-0.2, -0.15) is 0 Å². The van der Waals surface area contributed by atoms with E-state index in [0.29, 0.717) is 12.1 Å². The molecule has 0 aromatic rings. The van der Waals surface area contributed by atoms with Crippen LogP contribution in [0.2, 0.25) is 0 Å². The molecule has 0 saturated carbocycles. The Bertz CT molecular complexity index is 305. The van der Waals surface area contributed by atoms with Crippen LogP contribution in [0.5, 0.6) is 0 Å². The highest BCUT2D eigenvalue weighted by atomic mass is 16.4. The highest BCUT2D eigenvalue weighted by Crippen LogP contribution is 2.39. The fourth-order valence-corrected chi connectivity index (χ4v) is 3.38. The molecule has 2 rings (SSSR count). The molecule has 0 aliphatic carbocycles. The van der Waals surface area contributed by atoms with E-state index in [1.807, 2.05) is 14.1 Å². The number of fused-ring (bicyclic) bond motifs is 2. The van der Waals surface area contributed by atoms with Gasteiger partial charge in [0.05, 0.1) is 0 Å². The molecular formula is C13H25N3O2. The first-order valence-electron chi connectivity index (χ1n) is 6.80. The Morgan fingerprint density at radius 3 is 2.39 bits per heavy atom. The van der Waals surface area contributed by atoms with Crippen LogP contribution in [-0.4, -0.2) is 72.7 Å². The second kappa shape index (κ2) is 5.15. The largest absolute Gasteiger partial charge is 0.480 e. The van der Waals surface area contributed by atoms with Crippen LogP contribution in [0.25, 0.3) is 0 Å². The minimum atomic E-state index is -0.700. The molecular weight excluding hydrogens is 230 g/mol. The van der Waals surface area contributed by atoms with Crippen molar-refractivity contribution >= 4 is 5.97 Å². The standard InChI is InChI=1S/C13H25N3O2/c1-15(2)7-6-14-13(12(17)18)8-10-4-5-11(9-13)16(10)3/h10-11,14H,4-9H2,1-3H3,(H,17,18). The molecule has 0 aromatic heterocycles. The van der Waals surface area contributed by atoms with Gasteiger partial charge in [-0.05, 0) is 46.8 Å². The van der Waals surface area contributed by atoms with E-state index in [2.05, 4.69) is 22.2 Å². The van der Waals surface area contributed by atoms with Gasteiger partial charge in [-0.1, -0.05) is 0 Å². The summed E-state index contributed by atoms with van der Waals surface area (Å²) in [7, 11) is 6.15. The average molecular weight is 255 g/mol. The minimum Gasteiger partial charge on any atom is -0.480 e. The second-order valence-corrected chi connectivity index (χ2v) is 6.08. The van der Waals surface area contributed by atoms with Crippen molar-refractivity contribution in [3.05, 3.63) is 0 Å². The lowest BCUT2D eigenvalue weighted by atomic mass is 9.83. The smallest absolute Gasteiger partial charge is 0.324 e. The number of aliphatic carboxylic acids is 1. The van der Waals surface area contributed by atoms with E-state index < -0.39 is 11.5 Å². The lowest BCUT2D eigenvalue weighted by molar-refractivity contribution is -0.148. The van der Waals surface area contributed by atoms with Crippen molar-refractivity contribution in [3.63, 3.8) is 0 Å². The molecule has 2 saturated heterocycles. The quantitative estimate of drug-likeness (QED) is 0.736. The van der Waals surface area contributed by atoms with E-state index in [4.69, 9.17) is 0 Å². The molecule has 2 unspecified atom stereocenters. The summed E-state index contributed by atoms with van der Waals surface area (Å²) in [6.07, 6.45) is 3.77. The number of hydrogen-bond donors (Lipinski definition) is 2. The summed E-state index contributed by atoms with van der Waals surface area (Å²) in [5.41, 5.74) is -0.700. The van der Waals surface area contributed by atoms with Crippen molar-refractivity contribution in [2.45, 2.75) is 43.3 Å². The van der Waals surface area contributed by atoms with E-state index in [9.17, 15) is 9.90 Å². The van der Waals surface area contributed by atoms with Gasteiger partial charge in [-0.15, -0.1) is 0 Å². The molecule has 0 spiro atoms. The normalized spacial score (nSPS) is 36.2. The van der Waals surface area contributed by atoms with E-state index >= 15 is 0 Å². The van der Waals surface area contributed by atoms with Crippen molar-refractivity contribution < 1.29 is 9.90 Å². The third kappa shape index (κ3) is 2.53. The summed E-state index contributed by atoms with van der Waals surface area (Å²) in [6, 6.07) is 0.874. The first-order valence-corrected chi connectivity index (χ1v) is 6.80. The molecule has 5 nitrogen and oxygen atoms in total. The molecule has 104 valence electrons. The highest BCUT2D eigenvalue weighted by molar-refractivity contribution is 5.79. The summed E-state index contributed by atoms with van der Waals surface area (Å²) in [6.45, 7) is 1.61. The van der Waals surface area contributed by atoms with E-state index in [1.165, 1.54) is 0 Å². The summed E-state index contributed by atoms with van der Waals surface area (Å²) < 4.78 is 0. The summed E-state index contributed by atoms with van der Waals surface area (Å²) in [5.74, 6) is -0.675. The van der Waals surface area contributed by atoms with Crippen LogP contribution in [0.3, 0.4) is 0 Å². The number of piperidine rings is 1. The van der Waals surface area contributed by atoms with Gasteiger partial charge in [0.1, 0.15) is 5.54 Å². The zero-order chi connectivity index (χ0) is 13.3. The third-order valence-electron chi connectivity index (χ3n) is 4.59. The van der Waals surface area contributed by atoms with Crippen LogP contribution in [-0.2, 0) is 4.79 Å². The highest BCUT2D eigenvalue weighted by Gasteiger charge is 2.50. The number of carbonyl (C=O) groups is 1. The van der Waals surface area contributed by atoms with Crippen LogP contribution < -0.4 is 5.32 Å². The van der Waals surface area contributed by atoms with Gasteiger partial charge in [0.15, 0.2) is 0 Å². The second-order valence-electron chi connectivity index (χ2n) is 6.08. The first-order chi connectivity index (χ1) is 8.44. The predicted molar refractivity (Wildman–Crippen MR) is 70.7 cm³/mol. The van der Waals surface area contributed by atoms with Crippen LogP contribution in [0.4, 0.5) is 0 Å². The number of rotatable bonds is 5. The van der Waals surface area contributed by atoms with E-state index in [0.717, 1.165) is 38.8 Å². The van der Waals surface area contributed by atoms with E-state index in [1.54, 1.807) is 0 Å². The number of hydrogen-bond acceptors (Lipinski definition) is 4. The molecule has 2 N–H and O–H groups in total. The molecule has 2 fully saturated rings. The molecule has 2 heterocycles. The molecule has 2 atom stereocenters. The number of nitrogens with zero attached hydrogens (tertiary/aromatic N) is 2. The maximum Gasteiger partial charge on any atom is 0.324 e. The summed E-state index contributed by atoms with van der Waals surface area (Å²) in [4.78, 5) is 16.1. The zero-order valence-electron chi connectivity index (χ0n) is 11.6. The Balaban J connectivity index is 2.02. The Morgan fingerprint density at radius 1 is 1.39 bits per heavy atom. The molecule has 0 aromatic carbocycles. The van der Waals surface area contributed by atoms with Crippen molar-refractivity contribution in [3.8, 4) is 0 Å². The van der Waals surface area contributed by atoms with Gasteiger partial charge in [0.25, 0.3) is 0 Å². The molecule has 0 amide bonds. The summed E-state index contributed by atoms with van der Waals surface area (Å²) in [5, 5.41) is 12.9. The zero-order valence-corrected chi connectivity index (χ0v) is 11.6. The number of carboxylic acids is 1. The van der Waals surface area contributed by atoms with Gasteiger partial charge in [-0.25, -0.2) is 0 Å². The Labute approximate surface area is 109 Å². The molecule has 18 heavy (non-hydrogen) atoms. The first kappa shape index (κ1) is 13.8.